The quantitative estimate of drug-likeness (QED) is 0.719. The maximum atomic E-state index is 4.55. The van der Waals surface area contributed by atoms with Crippen molar-refractivity contribution in [1.29, 1.82) is 0 Å². The summed E-state index contributed by atoms with van der Waals surface area (Å²) in [6.07, 6.45) is 7.93. The molecule has 88 valence electrons. The Balaban J connectivity index is 0.00000256. The first-order valence-corrected chi connectivity index (χ1v) is 5.61. The van der Waals surface area contributed by atoms with Gasteiger partial charge < -0.3 is 5.32 Å². The van der Waals surface area contributed by atoms with Crippen molar-refractivity contribution >= 4 is 5.84 Å². The van der Waals surface area contributed by atoms with Crippen molar-refractivity contribution in [2.75, 3.05) is 0 Å². The van der Waals surface area contributed by atoms with Crippen molar-refractivity contribution in [3.63, 3.8) is 0 Å². The lowest BCUT2D eigenvalue weighted by Gasteiger charge is -2.09. The van der Waals surface area contributed by atoms with E-state index >= 15 is 0 Å². The predicted molar refractivity (Wildman–Crippen MR) is 73.6 cm³/mol. The molecule has 0 radical (unpaired) electrons. The maximum absolute atomic E-state index is 4.55. The van der Waals surface area contributed by atoms with Crippen molar-refractivity contribution in [2.45, 2.75) is 33.7 Å². The third-order valence-corrected chi connectivity index (χ3v) is 2.48. The van der Waals surface area contributed by atoms with Crippen molar-refractivity contribution in [2.24, 2.45) is 4.99 Å². The van der Waals surface area contributed by atoms with Crippen LogP contribution in [-0.2, 0) is 0 Å². The van der Waals surface area contributed by atoms with Gasteiger partial charge in [0.2, 0.25) is 0 Å². The van der Waals surface area contributed by atoms with Gasteiger partial charge in [-0.25, -0.2) is 0 Å². The van der Waals surface area contributed by atoms with Gasteiger partial charge in [-0.05, 0) is 44.9 Å². The Morgan fingerprint density at radius 3 is 2.75 bits per heavy atom. The van der Waals surface area contributed by atoms with E-state index < -0.39 is 0 Å². The lowest BCUT2D eigenvalue weighted by Crippen LogP contribution is -2.16. The molecule has 1 aliphatic heterocycles. The fraction of sp³-hybridized carbons (Fsp3) is 0.357. The van der Waals surface area contributed by atoms with E-state index in [9.17, 15) is 0 Å². The summed E-state index contributed by atoms with van der Waals surface area (Å²) in [6, 6.07) is 0.294. The summed E-state index contributed by atoms with van der Waals surface area (Å²) < 4.78 is 0. The smallest absolute Gasteiger partial charge is 0.132 e. The van der Waals surface area contributed by atoms with Crippen LogP contribution in [0.15, 0.2) is 52.7 Å². The average molecular weight is 218 g/mol. The molecule has 0 unspecified atom stereocenters. The van der Waals surface area contributed by atoms with Gasteiger partial charge in [0.1, 0.15) is 5.84 Å². The minimum atomic E-state index is 0. The molecule has 2 nitrogen and oxygen atoms in total. The van der Waals surface area contributed by atoms with Crippen LogP contribution in [0, 0.1) is 0 Å². The van der Waals surface area contributed by atoms with Gasteiger partial charge in [-0.1, -0.05) is 18.7 Å². The van der Waals surface area contributed by atoms with E-state index in [4.69, 9.17) is 0 Å². The molecule has 1 rings (SSSR count). The van der Waals surface area contributed by atoms with Gasteiger partial charge in [-0.2, -0.15) is 0 Å². The zero-order valence-electron chi connectivity index (χ0n) is 10.5. The van der Waals surface area contributed by atoms with Gasteiger partial charge in [0.15, 0.2) is 0 Å². The maximum Gasteiger partial charge on any atom is 0.132 e. The van der Waals surface area contributed by atoms with Gasteiger partial charge in [-0.15, -0.1) is 0 Å². The van der Waals surface area contributed by atoms with Crippen LogP contribution in [-0.4, -0.2) is 11.9 Å². The van der Waals surface area contributed by atoms with E-state index in [1.54, 1.807) is 0 Å². The zero-order chi connectivity index (χ0) is 12.1. The monoisotopic (exact) mass is 218 g/mol. The van der Waals surface area contributed by atoms with E-state index in [0.717, 1.165) is 17.0 Å². The summed E-state index contributed by atoms with van der Waals surface area (Å²) in [5, 5.41) is 3.17. The standard InChI is InChI=1S/C14H20N2.H2/c1-6-12(7-2)11(5)13-8-9-15-14(13)16-10(3)4;/h6-10H,1H2,2-5H3,(H,15,16);1H/b12-7+,13-11+;. The van der Waals surface area contributed by atoms with Gasteiger partial charge >= 0.3 is 0 Å². The number of amidine groups is 1. The van der Waals surface area contributed by atoms with Crippen LogP contribution in [0.3, 0.4) is 0 Å². The highest BCUT2D eigenvalue weighted by molar-refractivity contribution is 6.05. The number of hydrogen-bond acceptors (Lipinski definition) is 1. The molecule has 0 aromatic rings. The Hall–Kier alpha value is -1.57. The summed E-state index contributed by atoms with van der Waals surface area (Å²) in [7, 11) is 0. The number of nitrogens with one attached hydrogen (secondary N) is 1. The van der Waals surface area contributed by atoms with Crippen LogP contribution in [0.2, 0.25) is 0 Å². The second kappa shape index (κ2) is 5.50. The SMILES string of the molecule is C=CC(=C\C)/C(C)=C1\C=CNC1=NC(C)C.[HH]. The summed E-state index contributed by atoms with van der Waals surface area (Å²) in [5.41, 5.74) is 3.51. The summed E-state index contributed by atoms with van der Waals surface area (Å²) in [4.78, 5) is 4.55. The van der Waals surface area contributed by atoms with Crippen molar-refractivity contribution < 1.29 is 1.43 Å². The molecule has 0 aromatic carbocycles. The van der Waals surface area contributed by atoms with Gasteiger partial charge in [-0.3, -0.25) is 4.99 Å². The highest BCUT2D eigenvalue weighted by Crippen LogP contribution is 2.20. The molecule has 1 heterocycles. The Morgan fingerprint density at radius 2 is 2.25 bits per heavy atom. The molecule has 0 spiro atoms. The van der Waals surface area contributed by atoms with Gasteiger partial charge in [0.25, 0.3) is 0 Å². The Kier molecular flexibility index (Phi) is 4.29. The second-order valence-corrected chi connectivity index (χ2v) is 4.04. The summed E-state index contributed by atoms with van der Waals surface area (Å²) in [6.45, 7) is 12.1. The third-order valence-electron chi connectivity index (χ3n) is 2.48. The molecule has 16 heavy (non-hydrogen) atoms. The molecular weight excluding hydrogens is 196 g/mol. The highest BCUT2D eigenvalue weighted by Gasteiger charge is 2.13. The number of nitrogens with zero attached hydrogens (tertiary/aromatic N) is 1. The molecule has 1 aliphatic rings. The molecule has 1 N–H and O–H groups in total. The summed E-state index contributed by atoms with van der Waals surface area (Å²) in [5.74, 6) is 0.953. The summed E-state index contributed by atoms with van der Waals surface area (Å²) >= 11 is 0. The molecule has 0 bridgehead atoms. The first-order chi connectivity index (χ1) is 7.60. The van der Waals surface area contributed by atoms with Gasteiger partial charge in [0, 0.05) is 19.2 Å². The lowest BCUT2D eigenvalue weighted by molar-refractivity contribution is 0.830. The Labute approximate surface area is 99.6 Å². The number of rotatable bonds is 3. The van der Waals surface area contributed by atoms with Crippen molar-refractivity contribution in [3.05, 3.63) is 47.7 Å². The van der Waals surface area contributed by atoms with E-state index in [1.165, 1.54) is 5.57 Å². The van der Waals surface area contributed by atoms with Gasteiger partial charge in [0.05, 0.1) is 0 Å². The van der Waals surface area contributed by atoms with E-state index in [1.807, 2.05) is 19.2 Å². The Bertz CT molecular complexity index is 398. The lowest BCUT2D eigenvalue weighted by atomic mass is 10.0. The van der Waals surface area contributed by atoms with Crippen LogP contribution in [0.4, 0.5) is 0 Å². The second-order valence-electron chi connectivity index (χ2n) is 4.04. The van der Waals surface area contributed by atoms with Crippen LogP contribution in [0.25, 0.3) is 0 Å². The van der Waals surface area contributed by atoms with Crippen LogP contribution < -0.4 is 5.32 Å². The zero-order valence-corrected chi connectivity index (χ0v) is 10.5. The first kappa shape index (κ1) is 12.5. The largest absolute Gasteiger partial charge is 0.346 e. The molecule has 0 fully saturated rings. The number of allylic oxidation sites excluding steroid dienone is 4. The molecule has 0 amide bonds. The van der Waals surface area contributed by atoms with Crippen LogP contribution in [0.1, 0.15) is 29.1 Å². The van der Waals surface area contributed by atoms with E-state index in [-0.39, 0.29) is 1.43 Å². The first-order valence-electron chi connectivity index (χ1n) is 5.61. The topological polar surface area (TPSA) is 24.4 Å². The van der Waals surface area contributed by atoms with E-state index in [0.29, 0.717) is 6.04 Å². The van der Waals surface area contributed by atoms with Crippen molar-refractivity contribution in [3.8, 4) is 0 Å². The fourth-order valence-electron chi connectivity index (χ4n) is 1.67. The fourth-order valence-corrected chi connectivity index (χ4v) is 1.67. The van der Waals surface area contributed by atoms with E-state index in [2.05, 4.69) is 49.8 Å². The molecule has 2 heteroatoms. The third kappa shape index (κ3) is 2.72. The molecule has 0 atom stereocenters. The Morgan fingerprint density at radius 1 is 1.56 bits per heavy atom. The molecule has 0 saturated heterocycles. The molecular formula is C14H22N2. The van der Waals surface area contributed by atoms with Crippen LogP contribution in [0.5, 0.6) is 0 Å². The minimum Gasteiger partial charge on any atom is -0.346 e. The van der Waals surface area contributed by atoms with Crippen LogP contribution >= 0.6 is 0 Å². The average Bonchev–Trinajstić information content (AvgIpc) is 2.66. The predicted octanol–water partition coefficient (Wildman–Crippen LogP) is 3.61. The van der Waals surface area contributed by atoms with Crippen molar-refractivity contribution in [1.82, 2.24) is 5.32 Å². The minimum absolute atomic E-state index is 0. The molecule has 0 saturated carbocycles. The number of aliphatic imine (C=N–C) groups is 1. The molecule has 0 aliphatic carbocycles. The number of hydrogen-bond donors (Lipinski definition) is 1. The normalized spacial score (nSPS) is 21.6. The molecule has 0 aromatic heterocycles. The highest BCUT2D eigenvalue weighted by atomic mass is 15.0.